The molecule has 174 valence electrons. The van der Waals surface area contributed by atoms with Gasteiger partial charge in [0.1, 0.15) is 5.69 Å². The maximum Gasteiger partial charge on any atom is 0.221 e. The Labute approximate surface area is 201 Å². The number of aromatic amines is 1. The second-order valence-corrected chi connectivity index (χ2v) is 10.2. The minimum Gasteiger partial charge on any atom is -0.368 e. The summed E-state index contributed by atoms with van der Waals surface area (Å²) in [5.41, 5.74) is 11.4. The van der Waals surface area contributed by atoms with E-state index in [0.29, 0.717) is 29.2 Å². The Balaban J connectivity index is 1.46. The molecule has 0 radical (unpaired) electrons. The molecule has 3 N–H and O–H groups in total. The lowest BCUT2D eigenvalue weighted by atomic mass is 10.00. The van der Waals surface area contributed by atoms with E-state index in [1.807, 2.05) is 19.2 Å². The number of nitrogens with one attached hydrogen (secondary N) is 1. The second-order valence-electron chi connectivity index (χ2n) is 8.18. The van der Waals surface area contributed by atoms with E-state index in [2.05, 4.69) is 31.3 Å². The highest BCUT2D eigenvalue weighted by Gasteiger charge is 2.15. The van der Waals surface area contributed by atoms with E-state index >= 15 is 0 Å². The number of fused-ring (bicyclic) bond motifs is 1. The van der Waals surface area contributed by atoms with Crippen LogP contribution in [0.25, 0.3) is 33.5 Å². The summed E-state index contributed by atoms with van der Waals surface area (Å²) in [6.45, 7) is 2.28. The predicted octanol–water partition coefficient (Wildman–Crippen LogP) is 3.10. The number of benzene rings is 2. The van der Waals surface area contributed by atoms with E-state index in [-0.39, 0.29) is 10.8 Å². The number of hydrogen-bond acceptors (Lipinski definition) is 8. The first-order valence-electron chi connectivity index (χ1n) is 10.6. The molecule has 35 heavy (non-hydrogen) atoms. The average molecular weight is 485 g/mol. The lowest BCUT2D eigenvalue weighted by Gasteiger charge is -2.08. The summed E-state index contributed by atoms with van der Waals surface area (Å²) in [5.74, 6) is 0.0899. The zero-order chi connectivity index (χ0) is 24.7. The van der Waals surface area contributed by atoms with Crippen LogP contribution in [0.2, 0.25) is 0 Å². The van der Waals surface area contributed by atoms with Gasteiger partial charge < -0.3 is 10.7 Å². The van der Waals surface area contributed by atoms with Gasteiger partial charge in [0.15, 0.2) is 9.84 Å². The summed E-state index contributed by atoms with van der Waals surface area (Å²) in [7, 11) is -3.29. The molecule has 0 unspecified atom stereocenters. The number of aromatic nitrogens is 6. The van der Waals surface area contributed by atoms with Gasteiger partial charge in [0.25, 0.3) is 0 Å². The minimum absolute atomic E-state index is 0.0899. The van der Waals surface area contributed by atoms with E-state index in [4.69, 9.17) is 5.73 Å². The molecule has 0 aliphatic rings. The molecule has 3 heterocycles. The Morgan fingerprint density at radius 2 is 1.91 bits per heavy atom. The van der Waals surface area contributed by atoms with Gasteiger partial charge in [-0.25, -0.2) is 23.1 Å². The third kappa shape index (κ3) is 4.22. The molecule has 0 spiro atoms. The van der Waals surface area contributed by atoms with Gasteiger partial charge in [0.05, 0.1) is 40.7 Å². The summed E-state index contributed by atoms with van der Waals surface area (Å²) in [6.07, 6.45) is 4.76. The van der Waals surface area contributed by atoms with Crippen molar-refractivity contribution < 1.29 is 8.42 Å². The van der Waals surface area contributed by atoms with Gasteiger partial charge >= 0.3 is 0 Å². The number of H-pyrrole nitrogens is 1. The molecule has 3 aromatic heterocycles. The summed E-state index contributed by atoms with van der Waals surface area (Å²) in [5, 5.41) is 18.7. The van der Waals surface area contributed by atoms with Gasteiger partial charge in [-0.05, 0) is 42.3 Å². The lowest BCUT2D eigenvalue weighted by molar-refractivity contribution is 0.602. The topological polar surface area (TPSA) is 156 Å². The molecular formula is C24H20N8O2S. The predicted molar refractivity (Wildman–Crippen MR) is 131 cm³/mol. The Morgan fingerprint density at radius 1 is 1.11 bits per heavy atom. The van der Waals surface area contributed by atoms with Crippen molar-refractivity contribution in [3.63, 3.8) is 0 Å². The lowest BCUT2D eigenvalue weighted by Crippen LogP contribution is -2.00. The molecule has 5 aromatic rings. The second kappa shape index (κ2) is 8.34. The molecular weight excluding hydrogens is 464 g/mol. The molecule has 5 rings (SSSR count). The van der Waals surface area contributed by atoms with Crippen molar-refractivity contribution in [3.05, 3.63) is 71.5 Å². The van der Waals surface area contributed by atoms with Crippen molar-refractivity contribution in [3.8, 4) is 28.7 Å². The number of sulfone groups is 1. The van der Waals surface area contributed by atoms with Crippen molar-refractivity contribution in [2.45, 2.75) is 18.4 Å². The highest BCUT2D eigenvalue weighted by Crippen LogP contribution is 2.28. The number of anilines is 1. The van der Waals surface area contributed by atoms with E-state index in [1.165, 1.54) is 6.26 Å². The normalized spacial score (nSPS) is 11.6. The van der Waals surface area contributed by atoms with Gasteiger partial charge in [0.2, 0.25) is 5.95 Å². The number of nitrogens with two attached hydrogens (primary N) is 1. The highest BCUT2D eigenvalue weighted by atomic mass is 32.2. The molecule has 0 amide bonds. The third-order valence-corrected chi connectivity index (χ3v) is 6.88. The van der Waals surface area contributed by atoms with Crippen LogP contribution in [-0.2, 0) is 16.4 Å². The van der Waals surface area contributed by atoms with E-state index < -0.39 is 9.84 Å². The van der Waals surface area contributed by atoms with Crippen molar-refractivity contribution in [1.29, 1.82) is 5.26 Å². The molecule has 0 saturated carbocycles. The van der Waals surface area contributed by atoms with Crippen LogP contribution in [0.3, 0.4) is 0 Å². The van der Waals surface area contributed by atoms with Crippen molar-refractivity contribution >= 4 is 26.7 Å². The van der Waals surface area contributed by atoms with Crippen LogP contribution >= 0.6 is 0 Å². The van der Waals surface area contributed by atoms with Crippen molar-refractivity contribution in [1.82, 2.24) is 29.9 Å². The molecule has 11 heteroatoms. The molecule has 10 nitrogen and oxygen atoms in total. The first-order valence-corrected chi connectivity index (χ1v) is 12.5. The monoisotopic (exact) mass is 484 g/mol. The van der Waals surface area contributed by atoms with Crippen LogP contribution in [0.4, 0.5) is 5.95 Å². The zero-order valence-electron chi connectivity index (χ0n) is 18.9. The summed E-state index contributed by atoms with van der Waals surface area (Å²) in [4.78, 5) is 12.0. The van der Waals surface area contributed by atoms with Gasteiger partial charge in [0, 0.05) is 28.9 Å². The van der Waals surface area contributed by atoms with Gasteiger partial charge in [-0.1, -0.05) is 23.4 Å². The van der Waals surface area contributed by atoms with Crippen LogP contribution < -0.4 is 5.73 Å². The van der Waals surface area contributed by atoms with E-state index in [9.17, 15) is 13.7 Å². The van der Waals surface area contributed by atoms with Crippen LogP contribution in [0.1, 0.15) is 16.7 Å². The summed E-state index contributed by atoms with van der Waals surface area (Å²) in [6, 6.07) is 14.4. The molecule has 0 fully saturated rings. The average Bonchev–Trinajstić information content (AvgIpc) is 3.45. The third-order valence-electron chi connectivity index (χ3n) is 5.77. The fourth-order valence-corrected chi connectivity index (χ4v) is 4.61. The maximum atomic E-state index is 11.8. The van der Waals surface area contributed by atoms with Crippen LogP contribution in [0.5, 0.6) is 0 Å². The molecule has 0 bridgehead atoms. The minimum atomic E-state index is -3.29. The molecule has 0 saturated heterocycles. The number of nitrogen functional groups attached to an aromatic ring is 1. The van der Waals surface area contributed by atoms with Gasteiger partial charge in [-0.2, -0.15) is 5.26 Å². The first kappa shape index (κ1) is 22.2. The molecule has 0 aliphatic heterocycles. The van der Waals surface area contributed by atoms with E-state index in [0.717, 1.165) is 27.6 Å². The maximum absolute atomic E-state index is 11.8. The number of hydrogen-bond donors (Lipinski definition) is 2. The largest absolute Gasteiger partial charge is 0.368 e. The van der Waals surface area contributed by atoms with Crippen LogP contribution in [0.15, 0.2) is 59.8 Å². The fraction of sp³-hybridized carbons (Fsp3) is 0.125. The summed E-state index contributed by atoms with van der Waals surface area (Å²) >= 11 is 0. The van der Waals surface area contributed by atoms with Crippen LogP contribution in [-0.4, -0.2) is 44.6 Å². The molecule has 0 atom stereocenters. The highest BCUT2D eigenvalue weighted by molar-refractivity contribution is 7.90. The standard InChI is InChI=1S/C24H20N8O2S/c1-14-15(10-25)4-3-5-18(14)21-9-22(29-24(26)28-21)23-13-32(31-30-23)12-16-11-27-20-8-17(35(2,33)34)6-7-19(16)20/h3-9,11,13,27H,12H2,1-2H3,(H2,26,28,29). The molecule has 2 aromatic carbocycles. The van der Waals surface area contributed by atoms with Crippen molar-refractivity contribution in [2.24, 2.45) is 0 Å². The Morgan fingerprint density at radius 3 is 2.69 bits per heavy atom. The number of nitrogens with zero attached hydrogens (tertiary/aromatic N) is 6. The smallest absolute Gasteiger partial charge is 0.221 e. The van der Waals surface area contributed by atoms with E-state index in [1.54, 1.807) is 47.3 Å². The quantitative estimate of drug-likeness (QED) is 0.385. The van der Waals surface area contributed by atoms with Crippen LogP contribution in [0, 0.1) is 18.3 Å². The Hall–Kier alpha value is -4.56. The fourth-order valence-electron chi connectivity index (χ4n) is 3.96. The van der Waals surface area contributed by atoms with Gasteiger partial charge in [-0.3, -0.25) is 0 Å². The Kier molecular flexibility index (Phi) is 5.30. The van der Waals surface area contributed by atoms with Crippen molar-refractivity contribution in [2.75, 3.05) is 12.0 Å². The molecule has 0 aliphatic carbocycles. The number of nitriles is 1. The summed E-state index contributed by atoms with van der Waals surface area (Å²) < 4.78 is 25.3. The SMILES string of the molecule is Cc1c(C#N)cccc1-c1cc(-c2cn(Cc3c[nH]c4cc(S(C)(=O)=O)ccc34)nn2)nc(N)n1. The van der Waals surface area contributed by atoms with Gasteiger partial charge in [-0.15, -0.1) is 5.10 Å². The zero-order valence-corrected chi connectivity index (χ0v) is 19.7. The number of rotatable bonds is 5. The Bertz CT molecular complexity index is 1750. The first-order chi connectivity index (χ1) is 16.7.